The van der Waals surface area contributed by atoms with Gasteiger partial charge in [-0.25, -0.2) is 0 Å². The highest BCUT2D eigenvalue weighted by Crippen LogP contribution is 2.18. The first-order valence-electron chi connectivity index (χ1n) is 6.74. The van der Waals surface area contributed by atoms with Crippen molar-refractivity contribution in [2.45, 2.75) is 18.9 Å². The van der Waals surface area contributed by atoms with Gasteiger partial charge in [0.25, 0.3) is 0 Å². The van der Waals surface area contributed by atoms with Crippen LogP contribution in [0.4, 0.5) is 0 Å². The minimum atomic E-state index is 0.201. The van der Waals surface area contributed by atoms with Crippen molar-refractivity contribution < 1.29 is 4.79 Å². The van der Waals surface area contributed by atoms with Crippen molar-refractivity contribution in [1.82, 2.24) is 9.80 Å². The van der Waals surface area contributed by atoms with E-state index >= 15 is 0 Å². The summed E-state index contributed by atoms with van der Waals surface area (Å²) in [6.07, 6.45) is 2.40. The van der Waals surface area contributed by atoms with Crippen LogP contribution < -0.4 is 0 Å². The van der Waals surface area contributed by atoms with Crippen LogP contribution in [0.15, 0.2) is 28.7 Å². The molecule has 0 saturated carbocycles. The normalized spacial score (nSPS) is 20.7. The van der Waals surface area contributed by atoms with Crippen LogP contribution in [0.3, 0.4) is 0 Å². The van der Waals surface area contributed by atoms with Gasteiger partial charge in [-0.1, -0.05) is 34.1 Å². The summed E-state index contributed by atoms with van der Waals surface area (Å²) in [7, 11) is 4.23. The van der Waals surface area contributed by atoms with Gasteiger partial charge in [0.1, 0.15) is 0 Å². The third kappa shape index (κ3) is 3.88. The molecule has 1 heterocycles. The summed E-state index contributed by atoms with van der Waals surface area (Å²) >= 11 is 3.45. The Bertz CT molecular complexity index is 448. The lowest BCUT2D eigenvalue weighted by atomic mass is 10.0. The fourth-order valence-electron chi connectivity index (χ4n) is 2.57. The molecule has 0 spiro atoms. The number of piperidine rings is 1. The number of rotatable bonds is 4. The zero-order chi connectivity index (χ0) is 13.8. The molecule has 1 saturated heterocycles. The first-order valence-corrected chi connectivity index (χ1v) is 7.53. The molecule has 2 rings (SSSR count). The third-order valence-electron chi connectivity index (χ3n) is 3.75. The quantitative estimate of drug-likeness (QED) is 0.795. The van der Waals surface area contributed by atoms with E-state index in [0.29, 0.717) is 12.6 Å². The molecular formula is C15H21BrN2O. The van der Waals surface area contributed by atoms with E-state index in [-0.39, 0.29) is 5.78 Å². The van der Waals surface area contributed by atoms with Crippen molar-refractivity contribution in [2.75, 3.05) is 33.7 Å². The van der Waals surface area contributed by atoms with Crippen LogP contribution in [0.1, 0.15) is 23.2 Å². The number of halogens is 1. The molecule has 0 aliphatic carbocycles. The molecule has 1 aliphatic rings. The van der Waals surface area contributed by atoms with Gasteiger partial charge in [0.05, 0.1) is 6.54 Å². The molecule has 0 aromatic heterocycles. The molecule has 1 unspecified atom stereocenters. The minimum absolute atomic E-state index is 0.201. The number of benzene rings is 1. The number of hydrogen-bond acceptors (Lipinski definition) is 3. The van der Waals surface area contributed by atoms with Gasteiger partial charge in [0, 0.05) is 22.6 Å². The number of hydrogen-bond donors (Lipinski definition) is 0. The van der Waals surface area contributed by atoms with E-state index in [0.717, 1.165) is 23.1 Å². The van der Waals surface area contributed by atoms with Crippen molar-refractivity contribution in [3.8, 4) is 0 Å². The Morgan fingerprint density at radius 1 is 1.42 bits per heavy atom. The molecule has 104 valence electrons. The van der Waals surface area contributed by atoms with Gasteiger partial charge in [-0.05, 0) is 39.5 Å². The van der Waals surface area contributed by atoms with Gasteiger partial charge in [-0.2, -0.15) is 0 Å². The standard InChI is InChI=1S/C15H21BrN2O/c1-17(2)12-6-5-9-18(10-12)11-15(19)13-7-3-4-8-14(13)16/h3-4,7-8,12H,5-6,9-11H2,1-2H3. The highest BCUT2D eigenvalue weighted by molar-refractivity contribution is 9.10. The lowest BCUT2D eigenvalue weighted by Gasteiger charge is -2.35. The molecule has 0 radical (unpaired) electrons. The van der Waals surface area contributed by atoms with Crippen LogP contribution in [-0.4, -0.2) is 55.4 Å². The summed E-state index contributed by atoms with van der Waals surface area (Å²) in [5.74, 6) is 0.201. The Morgan fingerprint density at radius 2 is 2.16 bits per heavy atom. The van der Waals surface area contributed by atoms with E-state index in [1.54, 1.807) is 0 Å². The van der Waals surface area contributed by atoms with E-state index in [9.17, 15) is 4.79 Å². The summed E-state index contributed by atoms with van der Waals surface area (Å²) in [4.78, 5) is 16.9. The summed E-state index contributed by atoms with van der Waals surface area (Å²) in [5.41, 5.74) is 0.787. The fraction of sp³-hybridized carbons (Fsp3) is 0.533. The van der Waals surface area contributed by atoms with Gasteiger partial charge in [0.15, 0.2) is 5.78 Å². The van der Waals surface area contributed by atoms with E-state index in [4.69, 9.17) is 0 Å². The Balaban J connectivity index is 1.97. The molecule has 4 heteroatoms. The van der Waals surface area contributed by atoms with Crippen molar-refractivity contribution in [2.24, 2.45) is 0 Å². The predicted molar refractivity (Wildman–Crippen MR) is 81.6 cm³/mol. The Morgan fingerprint density at radius 3 is 2.84 bits per heavy atom. The molecule has 19 heavy (non-hydrogen) atoms. The number of likely N-dealkylation sites (N-methyl/N-ethyl adjacent to an activating group) is 1. The first-order chi connectivity index (χ1) is 9.08. The van der Waals surface area contributed by atoms with Crippen molar-refractivity contribution in [1.29, 1.82) is 0 Å². The van der Waals surface area contributed by atoms with Crippen molar-refractivity contribution >= 4 is 21.7 Å². The van der Waals surface area contributed by atoms with Crippen LogP contribution in [0, 0.1) is 0 Å². The summed E-state index contributed by atoms with van der Waals surface area (Å²) in [6, 6.07) is 8.23. The number of nitrogens with zero attached hydrogens (tertiary/aromatic N) is 2. The van der Waals surface area contributed by atoms with Crippen LogP contribution >= 0.6 is 15.9 Å². The summed E-state index contributed by atoms with van der Waals surface area (Å²) < 4.78 is 0.890. The molecule has 1 atom stereocenters. The SMILES string of the molecule is CN(C)C1CCCN(CC(=O)c2ccccc2Br)C1. The van der Waals surface area contributed by atoms with Crippen molar-refractivity contribution in [3.05, 3.63) is 34.3 Å². The second-order valence-electron chi connectivity index (χ2n) is 5.40. The fourth-order valence-corrected chi connectivity index (χ4v) is 3.08. The maximum Gasteiger partial charge on any atom is 0.177 e. The number of ketones is 1. The second-order valence-corrected chi connectivity index (χ2v) is 6.25. The third-order valence-corrected chi connectivity index (χ3v) is 4.44. The molecule has 0 amide bonds. The number of carbonyl (C=O) groups excluding carboxylic acids is 1. The van der Waals surface area contributed by atoms with E-state index < -0.39 is 0 Å². The van der Waals surface area contributed by atoms with Gasteiger partial charge in [0.2, 0.25) is 0 Å². The molecule has 1 aliphatic heterocycles. The molecule has 1 aromatic rings. The maximum absolute atomic E-state index is 12.3. The summed E-state index contributed by atoms with van der Waals surface area (Å²) in [6.45, 7) is 2.54. The Labute approximate surface area is 123 Å². The second kappa shape index (κ2) is 6.64. The van der Waals surface area contributed by atoms with Crippen molar-refractivity contribution in [3.63, 3.8) is 0 Å². The first kappa shape index (κ1) is 14.7. The van der Waals surface area contributed by atoms with E-state index in [1.165, 1.54) is 12.8 Å². The average Bonchev–Trinajstić information content (AvgIpc) is 2.39. The highest BCUT2D eigenvalue weighted by Gasteiger charge is 2.23. The molecular weight excluding hydrogens is 304 g/mol. The van der Waals surface area contributed by atoms with Crippen LogP contribution in [0.5, 0.6) is 0 Å². The van der Waals surface area contributed by atoms with Crippen LogP contribution in [0.25, 0.3) is 0 Å². The number of likely N-dealkylation sites (tertiary alicyclic amines) is 1. The zero-order valence-corrected chi connectivity index (χ0v) is 13.2. The minimum Gasteiger partial charge on any atom is -0.305 e. The topological polar surface area (TPSA) is 23.6 Å². The highest BCUT2D eigenvalue weighted by atomic mass is 79.9. The molecule has 1 fully saturated rings. The largest absolute Gasteiger partial charge is 0.305 e. The maximum atomic E-state index is 12.3. The van der Waals surface area contributed by atoms with E-state index in [1.807, 2.05) is 24.3 Å². The molecule has 0 bridgehead atoms. The zero-order valence-electron chi connectivity index (χ0n) is 11.6. The predicted octanol–water partition coefficient (Wildman–Crippen LogP) is 2.66. The Kier molecular flexibility index (Phi) is 5.13. The average molecular weight is 325 g/mol. The summed E-state index contributed by atoms with van der Waals surface area (Å²) in [5, 5.41) is 0. The van der Waals surface area contributed by atoms with Gasteiger partial charge >= 0.3 is 0 Å². The van der Waals surface area contributed by atoms with Crippen LogP contribution in [0.2, 0.25) is 0 Å². The monoisotopic (exact) mass is 324 g/mol. The molecule has 3 nitrogen and oxygen atoms in total. The molecule has 0 N–H and O–H groups in total. The Hall–Kier alpha value is -0.710. The van der Waals surface area contributed by atoms with E-state index in [2.05, 4.69) is 39.8 Å². The lowest BCUT2D eigenvalue weighted by molar-refractivity contribution is 0.0851. The van der Waals surface area contributed by atoms with Gasteiger partial charge in [-0.3, -0.25) is 9.69 Å². The smallest absolute Gasteiger partial charge is 0.177 e. The van der Waals surface area contributed by atoms with Gasteiger partial charge in [-0.15, -0.1) is 0 Å². The van der Waals surface area contributed by atoms with Crippen LogP contribution in [-0.2, 0) is 0 Å². The lowest BCUT2D eigenvalue weighted by Crippen LogP contribution is -2.46. The number of Topliss-reactive ketones (excluding diaryl/α,β-unsaturated/α-hetero) is 1. The molecule has 1 aromatic carbocycles. The number of carbonyl (C=O) groups is 1. The van der Waals surface area contributed by atoms with Gasteiger partial charge < -0.3 is 4.90 Å².